The standard InChI is InChI=1S/C14H20N2O2/c17-13-12-8-11-4-5-14(12,18-11)9-16(13)7-6-15-10-2-1-3-10/h4-5,10-12,15H,1-3,6-9H2. The molecule has 1 spiro atoms. The molecule has 98 valence electrons. The normalized spacial score (nSPS) is 41.6. The number of likely N-dealkylation sites (tertiary alicyclic amines) is 1. The maximum Gasteiger partial charge on any atom is 0.229 e. The van der Waals surface area contributed by atoms with E-state index in [1.807, 2.05) is 4.90 Å². The summed E-state index contributed by atoms with van der Waals surface area (Å²) in [4.78, 5) is 14.3. The van der Waals surface area contributed by atoms with Gasteiger partial charge in [0.2, 0.25) is 5.91 Å². The number of nitrogens with zero attached hydrogens (tertiary/aromatic N) is 1. The third-order valence-corrected chi connectivity index (χ3v) is 4.99. The fourth-order valence-electron chi connectivity index (χ4n) is 3.70. The molecule has 1 amide bonds. The molecule has 0 aromatic rings. The number of carbonyl (C=O) groups excluding carboxylic acids is 1. The average molecular weight is 248 g/mol. The third-order valence-electron chi connectivity index (χ3n) is 4.99. The Kier molecular flexibility index (Phi) is 2.33. The molecule has 0 radical (unpaired) electrons. The second-order valence-corrected chi connectivity index (χ2v) is 6.10. The van der Waals surface area contributed by atoms with E-state index in [1.54, 1.807) is 0 Å². The summed E-state index contributed by atoms with van der Waals surface area (Å²) in [7, 11) is 0. The van der Waals surface area contributed by atoms with Crippen LogP contribution in [0.15, 0.2) is 12.2 Å². The maximum absolute atomic E-state index is 12.3. The molecule has 4 nitrogen and oxygen atoms in total. The SMILES string of the molecule is O=C1C2CC3C=CC2(CN1CCNC1CCC1)O3. The molecule has 4 heteroatoms. The molecule has 3 fully saturated rings. The highest BCUT2D eigenvalue weighted by molar-refractivity contribution is 5.84. The Morgan fingerprint density at radius 1 is 1.50 bits per heavy atom. The third kappa shape index (κ3) is 1.48. The molecule has 18 heavy (non-hydrogen) atoms. The van der Waals surface area contributed by atoms with Crippen molar-refractivity contribution >= 4 is 5.91 Å². The summed E-state index contributed by atoms with van der Waals surface area (Å²) in [5.74, 6) is 0.397. The van der Waals surface area contributed by atoms with Gasteiger partial charge in [0.25, 0.3) is 0 Å². The molecule has 0 aromatic carbocycles. The van der Waals surface area contributed by atoms with Gasteiger partial charge in [-0.1, -0.05) is 18.6 Å². The molecule has 4 aliphatic rings. The van der Waals surface area contributed by atoms with Crippen molar-refractivity contribution in [2.75, 3.05) is 19.6 Å². The monoisotopic (exact) mass is 248 g/mol. The molecule has 1 N–H and O–H groups in total. The topological polar surface area (TPSA) is 41.6 Å². The lowest BCUT2D eigenvalue weighted by molar-refractivity contribution is -0.131. The van der Waals surface area contributed by atoms with Crippen molar-refractivity contribution in [2.24, 2.45) is 5.92 Å². The first-order valence-corrected chi connectivity index (χ1v) is 7.16. The first kappa shape index (κ1) is 11.0. The highest BCUT2D eigenvalue weighted by atomic mass is 16.5. The van der Waals surface area contributed by atoms with E-state index in [-0.39, 0.29) is 17.6 Å². The average Bonchev–Trinajstić information content (AvgIpc) is 2.93. The fraction of sp³-hybridized carbons (Fsp3) is 0.786. The number of nitrogens with one attached hydrogen (secondary N) is 1. The van der Waals surface area contributed by atoms with Crippen LogP contribution in [-0.4, -0.2) is 48.2 Å². The molecule has 2 saturated heterocycles. The number of fused-ring (bicyclic) bond motifs is 1. The first-order chi connectivity index (χ1) is 8.77. The molecule has 0 aromatic heterocycles. The van der Waals surface area contributed by atoms with Crippen LogP contribution in [0.5, 0.6) is 0 Å². The Labute approximate surface area is 107 Å². The zero-order valence-corrected chi connectivity index (χ0v) is 10.6. The lowest BCUT2D eigenvalue weighted by atomic mass is 9.86. The van der Waals surface area contributed by atoms with Gasteiger partial charge in [-0.05, 0) is 19.3 Å². The Morgan fingerprint density at radius 2 is 2.39 bits per heavy atom. The number of hydrogen-bond acceptors (Lipinski definition) is 3. The number of hydrogen-bond donors (Lipinski definition) is 1. The summed E-state index contributed by atoms with van der Waals surface area (Å²) in [5, 5.41) is 3.52. The van der Waals surface area contributed by atoms with Crippen LogP contribution in [0.3, 0.4) is 0 Å². The van der Waals surface area contributed by atoms with E-state index in [0.29, 0.717) is 11.9 Å². The second kappa shape index (κ2) is 3.81. The van der Waals surface area contributed by atoms with Gasteiger partial charge < -0.3 is 15.0 Å². The van der Waals surface area contributed by atoms with Gasteiger partial charge in [0.15, 0.2) is 0 Å². The first-order valence-electron chi connectivity index (χ1n) is 7.16. The molecular weight excluding hydrogens is 228 g/mol. The molecule has 3 aliphatic heterocycles. The van der Waals surface area contributed by atoms with Gasteiger partial charge in [0.1, 0.15) is 5.60 Å². The van der Waals surface area contributed by atoms with Gasteiger partial charge in [0, 0.05) is 19.1 Å². The molecule has 1 aliphatic carbocycles. The summed E-state index contributed by atoms with van der Waals surface area (Å²) >= 11 is 0. The number of rotatable bonds is 4. The van der Waals surface area contributed by atoms with Crippen molar-refractivity contribution in [3.05, 3.63) is 12.2 Å². The minimum absolute atomic E-state index is 0.0937. The van der Waals surface area contributed by atoms with Crippen molar-refractivity contribution < 1.29 is 9.53 Å². The van der Waals surface area contributed by atoms with Crippen molar-refractivity contribution in [3.8, 4) is 0 Å². The number of carbonyl (C=O) groups is 1. The van der Waals surface area contributed by atoms with Crippen LogP contribution in [0.4, 0.5) is 0 Å². The highest BCUT2D eigenvalue weighted by Crippen LogP contribution is 2.48. The van der Waals surface area contributed by atoms with E-state index < -0.39 is 0 Å². The quantitative estimate of drug-likeness (QED) is 0.744. The van der Waals surface area contributed by atoms with Gasteiger partial charge in [-0.15, -0.1) is 0 Å². The summed E-state index contributed by atoms with van der Waals surface area (Å²) in [6.45, 7) is 2.51. The van der Waals surface area contributed by atoms with Crippen molar-refractivity contribution in [3.63, 3.8) is 0 Å². The summed E-state index contributed by atoms with van der Waals surface area (Å²) in [6.07, 6.45) is 9.30. The molecular formula is C14H20N2O2. The smallest absolute Gasteiger partial charge is 0.229 e. The molecule has 3 unspecified atom stereocenters. The van der Waals surface area contributed by atoms with Crippen molar-refractivity contribution in [1.29, 1.82) is 0 Å². The largest absolute Gasteiger partial charge is 0.361 e. The van der Waals surface area contributed by atoms with E-state index >= 15 is 0 Å². The van der Waals surface area contributed by atoms with Crippen molar-refractivity contribution in [1.82, 2.24) is 10.2 Å². The van der Waals surface area contributed by atoms with Gasteiger partial charge >= 0.3 is 0 Å². The Balaban J connectivity index is 1.36. The van der Waals surface area contributed by atoms with Crippen molar-refractivity contribution in [2.45, 2.75) is 43.4 Å². The predicted octanol–water partition coefficient (Wildman–Crippen LogP) is 0.684. The molecule has 4 rings (SSSR count). The van der Waals surface area contributed by atoms with Gasteiger partial charge in [-0.25, -0.2) is 0 Å². The van der Waals surface area contributed by atoms with Crippen LogP contribution in [0, 0.1) is 5.92 Å². The summed E-state index contributed by atoms with van der Waals surface area (Å²) in [5.41, 5.74) is -0.266. The molecule has 2 bridgehead atoms. The van der Waals surface area contributed by atoms with E-state index in [1.165, 1.54) is 19.3 Å². The maximum atomic E-state index is 12.3. The Bertz CT molecular complexity index is 405. The lowest BCUT2D eigenvalue weighted by Gasteiger charge is -2.28. The number of ether oxygens (including phenoxy) is 1. The van der Waals surface area contributed by atoms with E-state index in [4.69, 9.17) is 4.74 Å². The highest BCUT2D eigenvalue weighted by Gasteiger charge is 2.59. The van der Waals surface area contributed by atoms with Crippen LogP contribution in [0.1, 0.15) is 25.7 Å². The van der Waals surface area contributed by atoms with Crippen LogP contribution in [0.25, 0.3) is 0 Å². The van der Waals surface area contributed by atoms with Crippen LogP contribution in [-0.2, 0) is 9.53 Å². The molecule has 1 saturated carbocycles. The molecule has 3 atom stereocenters. The van der Waals surface area contributed by atoms with E-state index in [0.717, 1.165) is 26.1 Å². The minimum atomic E-state index is -0.266. The number of amides is 1. The Morgan fingerprint density at radius 3 is 3.06 bits per heavy atom. The summed E-state index contributed by atoms with van der Waals surface area (Å²) in [6, 6.07) is 0.701. The van der Waals surface area contributed by atoms with Gasteiger partial charge in [-0.3, -0.25) is 4.79 Å². The molecule has 3 heterocycles. The van der Waals surface area contributed by atoms with Crippen LogP contribution in [0.2, 0.25) is 0 Å². The predicted molar refractivity (Wildman–Crippen MR) is 67.1 cm³/mol. The lowest BCUT2D eigenvalue weighted by Crippen LogP contribution is -2.41. The Hall–Kier alpha value is -0.870. The van der Waals surface area contributed by atoms with Gasteiger partial charge in [-0.2, -0.15) is 0 Å². The zero-order chi connectivity index (χ0) is 12.2. The minimum Gasteiger partial charge on any atom is -0.361 e. The zero-order valence-electron chi connectivity index (χ0n) is 10.6. The van der Waals surface area contributed by atoms with Gasteiger partial charge in [0.05, 0.1) is 18.6 Å². The second-order valence-electron chi connectivity index (χ2n) is 6.10. The fourth-order valence-corrected chi connectivity index (χ4v) is 3.70. The van der Waals surface area contributed by atoms with E-state index in [2.05, 4.69) is 17.5 Å². The van der Waals surface area contributed by atoms with E-state index in [9.17, 15) is 4.79 Å². The van der Waals surface area contributed by atoms with Crippen LogP contribution < -0.4 is 5.32 Å². The summed E-state index contributed by atoms with van der Waals surface area (Å²) < 4.78 is 5.95. The van der Waals surface area contributed by atoms with Crippen LogP contribution >= 0.6 is 0 Å².